The summed E-state index contributed by atoms with van der Waals surface area (Å²) < 4.78 is 0. The van der Waals surface area contributed by atoms with Crippen molar-refractivity contribution in [3.63, 3.8) is 0 Å². The molecule has 0 aliphatic carbocycles. The van der Waals surface area contributed by atoms with Gasteiger partial charge in [-0.05, 0) is 58.6 Å². The first-order chi connectivity index (χ1) is 11.4. The van der Waals surface area contributed by atoms with E-state index in [1.54, 1.807) is 0 Å². The van der Waals surface area contributed by atoms with Gasteiger partial charge in [0.25, 0.3) is 0 Å². The molecule has 0 spiro atoms. The van der Waals surface area contributed by atoms with Crippen molar-refractivity contribution in [1.29, 1.82) is 0 Å². The molecule has 0 saturated carbocycles. The molecule has 2 amide bonds. The smallest absolute Gasteiger partial charge is 0.233 e. The highest BCUT2D eigenvalue weighted by Crippen LogP contribution is 2.22. The molecule has 0 fully saturated rings. The lowest BCUT2D eigenvalue weighted by atomic mass is 10.1. The minimum absolute atomic E-state index is 0.162. The van der Waals surface area contributed by atoms with E-state index in [0.29, 0.717) is 6.54 Å². The summed E-state index contributed by atoms with van der Waals surface area (Å²) in [4.78, 5) is 28.0. The lowest BCUT2D eigenvalue weighted by molar-refractivity contribution is -0.126. The molecular weight excluding hydrogens is 304 g/mol. The number of nitrogens with one attached hydrogen (secondary N) is 2. The average Bonchev–Trinajstić information content (AvgIpc) is 2.50. The van der Waals surface area contributed by atoms with Crippen molar-refractivity contribution in [1.82, 2.24) is 10.2 Å². The van der Waals surface area contributed by atoms with E-state index in [1.165, 1.54) is 0 Å². The van der Waals surface area contributed by atoms with E-state index >= 15 is 0 Å². The van der Waals surface area contributed by atoms with Crippen LogP contribution in [0, 0.1) is 6.92 Å². The van der Waals surface area contributed by atoms with Crippen LogP contribution in [-0.4, -0.2) is 57.0 Å². The number of amides is 2. The highest BCUT2D eigenvalue weighted by molar-refractivity contribution is 6.03. The normalized spacial score (nSPS) is 10.6. The van der Waals surface area contributed by atoms with E-state index in [1.807, 2.05) is 38.1 Å². The van der Waals surface area contributed by atoms with Crippen molar-refractivity contribution in [3.05, 3.63) is 23.8 Å². The highest BCUT2D eigenvalue weighted by atomic mass is 16.2. The van der Waals surface area contributed by atoms with Gasteiger partial charge < -0.3 is 20.4 Å². The molecule has 0 aromatic heterocycles. The number of carbonyl (C=O) groups is 2. The van der Waals surface area contributed by atoms with Gasteiger partial charge in [-0.15, -0.1) is 0 Å². The standard InChI is InChI=1S/C18H30N4O2/c1-6-22(7-2)15-8-9-16(14(3)12-15)20-18(24)13-17(23)19-10-11-21(4)5/h8-9,12H,6-7,10-11,13H2,1-5H3,(H,19,23)(H,20,24). The Balaban J connectivity index is 2.56. The summed E-state index contributed by atoms with van der Waals surface area (Å²) in [7, 11) is 3.87. The van der Waals surface area contributed by atoms with Gasteiger partial charge in [0, 0.05) is 37.6 Å². The fourth-order valence-electron chi connectivity index (χ4n) is 2.40. The van der Waals surface area contributed by atoms with Gasteiger partial charge in [-0.1, -0.05) is 0 Å². The number of benzene rings is 1. The Hall–Kier alpha value is -2.08. The van der Waals surface area contributed by atoms with Crippen LogP contribution in [0.3, 0.4) is 0 Å². The maximum atomic E-state index is 12.0. The topological polar surface area (TPSA) is 64.7 Å². The van der Waals surface area contributed by atoms with E-state index < -0.39 is 0 Å². The molecule has 6 heteroatoms. The minimum atomic E-state index is -0.295. The lowest BCUT2D eigenvalue weighted by Gasteiger charge is -2.22. The molecule has 0 bridgehead atoms. The first kappa shape index (κ1) is 20.0. The van der Waals surface area contributed by atoms with Crippen LogP contribution in [0.1, 0.15) is 25.8 Å². The van der Waals surface area contributed by atoms with Crippen molar-refractivity contribution in [2.24, 2.45) is 0 Å². The third-order valence-electron chi connectivity index (χ3n) is 3.81. The fraction of sp³-hybridized carbons (Fsp3) is 0.556. The van der Waals surface area contributed by atoms with Crippen LogP contribution in [0.25, 0.3) is 0 Å². The van der Waals surface area contributed by atoms with E-state index in [2.05, 4.69) is 35.4 Å². The zero-order valence-electron chi connectivity index (χ0n) is 15.5. The molecule has 24 heavy (non-hydrogen) atoms. The van der Waals surface area contributed by atoms with Crippen LogP contribution >= 0.6 is 0 Å². The third-order valence-corrected chi connectivity index (χ3v) is 3.81. The fourth-order valence-corrected chi connectivity index (χ4v) is 2.40. The maximum absolute atomic E-state index is 12.0. The summed E-state index contributed by atoms with van der Waals surface area (Å²) in [5.74, 6) is -0.553. The SMILES string of the molecule is CCN(CC)c1ccc(NC(=O)CC(=O)NCCN(C)C)c(C)c1. The van der Waals surface area contributed by atoms with Crippen molar-refractivity contribution in [3.8, 4) is 0 Å². The van der Waals surface area contributed by atoms with Crippen molar-refractivity contribution < 1.29 is 9.59 Å². The zero-order valence-corrected chi connectivity index (χ0v) is 15.5. The van der Waals surface area contributed by atoms with Gasteiger partial charge in [-0.2, -0.15) is 0 Å². The number of rotatable bonds is 9. The highest BCUT2D eigenvalue weighted by Gasteiger charge is 2.11. The number of carbonyl (C=O) groups excluding carboxylic acids is 2. The summed E-state index contributed by atoms with van der Waals surface area (Å²) >= 11 is 0. The Kier molecular flexibility index (Phi) is 8.26. The molecule has 1 aromatic rings. The Labute approximate surface area is 145 Å². The average molecular weight is 334 g/mol. The Morgan fingerprint density at radius 3 is 2.29 bits per heavy atom. The number of nitrogens with zero attached hydrogens (tertiary/aromatic N) is 2. The molecular formula is C18H30N4O2. The van der Waals surface area contributed by atoms with Crippen LogP contribution in [0.5, 0.6) is 0 Å². The molecule has 0 radical (unpaired) electrons. The van der Waals surface area contributed by atoms with Gasteiger partial charge in [0.05, 0.1) is 0 Å². The zero-order chi connectivity index (χ0) is 18.1. The number of anilines is 2. The molecule has 0 aliphatic heterocycles. The predicted octanol–water partition coefficient (Wildman–Crippen LogP) is 1.85. The predicted molar refractivity (Wildman–Crippen MR) is 99.6 cm³/mol. The van der Waals surface area contributed by atoms with Crippen LogP contribution in [-0.2, 0) is 9.59 Å². The molecule has 0 saturated heterocycles. The third kappa shape index (κ3) is 6.58. The van der Waals surface area contributed by atoms with Crippen molar-refractivity contribution in [2.75, 3.05) is 50.5 Å². The van der Waals surface area contributed by atoms with Crippen molar-refractivity contribution >= 4 is 23.2 Å². The molecule has 0 heterocycles. The monoisotopic (exact) mass is 334 g/mol. The molecule has 1 aromatic carbocycles. The van der Waals surface area contributed by atoms with Crippen molar-refractivity contribution in [2.45, 2.75) is 27.2 Å². The van der Waals surface area contributed by atoms with Crippen LogP contribution in [0.2, 0.25) is 0 Å². The lowest BCUT2D eigenvalue weighted by Crippen LogP contribution is -2.33. The second kappa shape index (κ2) is 9.93. The van der Waals surface area contributed by atoms with Crippen LogP contribution in [0.15, 0.2) is 18.2 Å². The van der Waals surface area contributed by atoms with E-state index in [0.717, 1.165) is 36.6 Å². The number of likely N-dealkylation sites (N-methyl/N-ethyl adjacent to an activating group) is 1. The van der Waals surface area contributed by atoms with E-state index in [-0.39, 0.29) is 18.2 Å². The summed E-state index contributed by atoms with van der Waals surface area (Å²) in [6.07, 6.45) is -0.162. The summed E-state index contributed by atoms with van der Waals surface area (Å²) in [6, 6.07) is 5.94. The van der Waals surface area contributed by atoms with E-state index in [4.69, 9.17) is 0 Å². The first-order valence-electron chi connectivity index (χ1n) is 8.44. The number of aryl methyl sites for hydroxylation is 1. The quantitative estimate of drug-likeness (QED) is 0.677. The number of hydrogen-bond acceptors (Lipinski definition) is 4. The molecule has 6 nitrogen and oxygen atoms in total. The summed E-state index contributed by atoms with van der Waals surface area (Å²) in [5, 5.41) is 5.55. The summed E-state index contributed by atoms with van der Waals surface area (Å²) in [6.45, 7) is 9.35. The number of hydrogen-bond donors (Lipinski definition) is 2. The molecule has 2 N–H and O–H groups in total. The Bertz CT molecular complexity index is 554. The largest absolute Gasteiger partial charge is 0.372 e. The van der Waals surface area contributed by atoms with Gasteiger partial charge in [0.1, 0.15) is 6.42 Å². The first-order valence-corrected chi connectivity index (χ1v) is 8.44. The Morgan fingerprint density at radius 1 is 1.08 bits per heavy atom. The van der Waals surface area contributed by atoms with E-state index in [9.17, 15) is 9.59 Å². The molecule has 0 atom stereocenters. The summed E-state index contributed by atoms with van der Waals surface area (Å²) in [5.41, 5.74) is 2.87. The van der Waals surface area contributed by atoms with Gasteiger partial charge in [-0.3, -0.25) is 9.59 Å². The molecule has 0 unspecified atom stereocenters. The molecule has 1 rings (SSSR count). The van der Waals surface area contributed by atoms with Gasteiger partial charge in [0.2, 0.25) is 11.8 Å². The molecule has 0 aliphatic rings. The Morgan fingerprint density at radius 2 is 1.75 bits per heavy atom. The second-order valence-corrected chi connectivity index (χ2v) is 6.05. The van der Waals surface area contributed by atoms with Gasteiger partial charge >= 0.3 is 0 Å². The van der Waals surface area contributed by atoms with Gasteiger partial charge in [-0.25, -0.2) is 0 Å². The van der Waals surface area contributed by atoms with Gasteiger partial charge in [0.15, 0.2) is 0 Å². The van der Waals surface area contributed by atoms with Crippen LogP contribution < -0.4 is 15.5 Å². The second-order valence-electron chi connectivity index (χ2n) is 6.05. The van der Waals surface area contributed by atoms with Crippen LogP contribution in [0.4, 0.5) is 11.4 Å². The molecule has 134 valence electrons. The minimum Gasteiger partial charge on any atom is -0.372 e. The maximum Gasteiger partial charge on any atom is 0.233 e.